The molecule has 2 rings (SSSR count). The van der Waals surface area contributed by atoms with Gasteiger partial charge in [0.2, 0.25) is 5.91 Å². The summed E-state index contributed by atoms with van der Waals surface area (Å²) in [5.41, 5.74) is 7.30. The maximum atomic E-state index is 12.7. The zero-order chi connectivity index (χ0) is 18.2. The fourth-order valence-corrected chi connectivity index (χ4v) is 3.51. The summed E-state index contributed by atoms with van der Waals surface area (Å²) in [6.07, 6.45) is 3.50. The van der Waals surface area contributed by atoms with Crippen LogP contribution in [0.1, 0.15) is 42.9 Å². The van der Waals surface area contributed by atoms with Crippen LogP contribution in [0, 0.1) is 12.8 Å². The molecular formula is C19H30N4O2. The van der Waals surface area contributed by atoms with Gasteiger partial charge in [-0.3, -0.25) is 4.79 Å². The van der Waals surface area contributed by atoms with Crippen molar-refractivity contribution >= 4 is 11.9 Å². The lowest BCUT2D eigenvalue weighted by Gasteiger charge is -2.33. The zero-order valence-electron chi connectivity index (χ0n) is 15.3. The summed E-state index contributed by atoms with van der Waals surface area (Å²) in [4.78, 5) is 26.0. The number of piperidine rings is 1. The summed E-state index contributed by atoms with van der Waals surface area (Å²) in [7, 11) is 1.97. The van der Waals surface area contributed by atoms with Gasteiger partial charge in [0.05, 0.1) is 12.5 Å². The van der Waals surface area contributed by atoms with Gasteiger partial charge in [-0.25, -0.2) is 4.79 Å². The maximum absolute atomic E-state index is 12.7. The molecule has 0 radical (unpaired) electrons. The molecule has 1 aromatic carbocycles. The highest BCUT2D eigenvalue weighted by atomic mass is 16.2. The highest BCUT2D eigenvalue weighted by molar-refractivity contribution is 5.79. The van der Waals surface area contributed by atoms with Crippen molar-refractivity contribution in [3.05, 3.63) is 35.4 Å². The number of nitrogens with zero attached hydrogens (tertiary/aromatic N) is 1. The Hall–Kier alpha value is -2.08. The molecule has 1 saturated heterocycles. The number of amides is 3. The van der Waals surface area contributed by atoms with E-state index in [-0.39, 0.29) is 18.4 Å². The number of nitrogens with two attached hydrogens (primary N) is 1. The standard InChI is InChI=1S/C19H30N4O2/c1-14-5-3-4-6-16(14)17(22-19(20)25)13-18(24)23-11-8-15(9-12-23)7-10-21-2/h3-6,15,17,21H,7-13H2,1-2H3,(H3,20,22,25). The predicted octanol–water partition coefficient (Wildman–Crippen LogP) is 1.94. The van der Waals surface area contributed by atoms with Crippen LogP contribution >= 0.6 is 0 Å². The quantitative estimate of drug-likeness (QED) is 0.705. The average Bonchev–Trinajstić information content (AvgIpc) is 2.60. The molecule has 1 aliphatic heterocycles. The van der Waals surface area contributed by atoms with E-state index in [1.807, 2.05) is 43.1 Å². The van der Waals surface area contributed by atoms with Gasteiger partial charge in [0.25, 0.3) is 0 Å². The summed E-state index contributed by atoms with van der Waals surface area (Å²) in [6, 6.07) is 6.78. The number of carbonyl (C=O) groups excluding carboxylic acids is 2. The number of aryl methyl sites for hydroxylation is 1. The molecule has 1 atom stereocenters. The molecule has 1 heterocycles. The first-order valence-electron chi connectivity index (χ1n) is 9.05. The summed E-state index contributed by atoms with van der Waals surface area (Å²) < 4.78 is 0. The summed E-state index contributed by atoms with van der Waals surface area (Å²) in [5.74, 6) is 0.765. The Labute approximate surface area is 150 Å². The van der Waals surface area contributed by atoms with E-state index in [1.165, 1.54) is 0 Å². The van der Waals surface area contributed by atoms with E-state index >= 15 is 0 Å². The Kier molecular flexibility index (Phi) is 7.25. The van der Waals surface area contributed by atoms with Crippen LogP contribution in [0.5, 0.6) is 0 Å². The van der Waals surface area contributed by atoms with Gasteiger partial charge in [-0.15, -0.1) is 0 Å². The number of hydrogen-bond acceptors (Lipinski definition) is 3. The van der Waals surface area contributed by atoms with Gasteiger partial charge < -0.3 is 21.3 Å². The second kappa shape index (κ2) is 9.42. The molecule has 0 aromatic heterocycles. The van der Waals surface area contributed by atoms with Gasteiger partial charge in [0.1, 0.15) is 0 Å². The van der Waals surface area contributed by atoms with Crippen LogP contribution in [-0.4, -0.2) is 43.5 Å². The first kappa shape index (κ1) is 19.2. The average molecular weight is 346 g/mol. The minimum Gasteiger partial charge on any atom is -0.352 e. The van der Waals surface area contributed by atoms with Crippen LogP contribution in [0.15, 0.2) is 24.3 Å². The molecule has 0 aliphatic carbocycles. The lowest BCUT2D eigenvalue weighted by atomic mass is 9.92. The topological polar surface area (TPSA) is 87.5 Å². The van der Waals surface area contributed by atoms with E-state index in [2.05, 4.69) is 10.6 Å². The number of hydrogen-bond donors (Lipinski definition) is 3. The molecule has 138 valence electrons. The van der Waals surface area contributed by atoms with Crippen LogP contribution in [0.2, 0.25) is 0 Å². The van der Waals surface area contributed by atoms with Gasteiger partial charge in [0, 0.05) is 13.1 Å². The van der Waals surface area contributed by atoms with E-state index in [4.69, 9.17) is 5.73 Å². The minimum absolute atomic E-state index is 0.0778. The molecule has 1 aromatic rings. The molecule has 6 heteroatoms. The van der Waals surface area contributed by atoms with Gasteiger partial charge in [0.15, 0.2) is 0 Å². The highest BCUT2D eigenvalue weighted by Gasteiger charge is 2.26. The smallest absolute Gasteiger partial charge is 0.312 e. The van der Waals surface area contributed by atoms with Crippen LogP contribution in [0.25, 0.3) is 0 Å². The third-order valence-corrected chi connectivity index (χ3v) is 5.03. The Morgan fingerprint density at radius 1 is 1.28 bits per heavy atom. The molecule has 6 nitrogen and oxygen atoms in total. The normalized spacial score (nSPS) is 16.5. The van der Waals surface area contributed by atoms with E-state index in [1.54, 1.807) is 0 Å². The van der Waals surface area contributed by atoms with Crippen molar-refractivity contribution in [2.75, 3.05) is 26.7 Å². The van der Waals surface area contributed by atoms with Gasteiger partial charge in [-0.1, -0.05) is 24.3 Å². The predicted molar refractivity (Wildman–Crippen MR) is 99.1 cm³/mol. The Balaban J connectivity index is 1.96. The minimum atomic E-state index is -0.605. The molecule has 0 saturated carbocycles. The number of nitrogens with one attached hydrogen (secondary N) is 2. The second-order valence-corrected chi connectivity index (χ2v) is 6.84. The molecule has 4 N–H and O–H groups in total. The number of benzene rings is 1. The van der Waals surface area contributed by atoms with Crippen LogP contribution < -0.4 is 16.4 Å². The van der Waals surface area contributed by atoms with Gasteiger partial charge in [-0.05, 0) is 56.8 Å². The van der Waals surface area contributed by atoms with Crippen molar-refractivity contribution in [3.63, 3.8) is 0 Å². The molecule has 0 bridgehead atoms. The van der Waals surface area contributed by atoms with Crippen molar-refractivity contribution in [3.8, 4) is 0 Å². The largest absolute Gasteiger partial charge is 0.352 e. The van der Waals surface area contributed by atoms with Crippen molar-refractivity contribution in [1.29, 1.82) is 0 Å². The molecule has 1 aliphatic rings. The maximum Gasteiger partial charge on any atom is 0.312 e. The number of rotatable bonds is 7. The third-order valence-electron chi connectivity index (χ3n) is 5.03. The monoisotopic (exact) mass is 346 g/mol. The fraction of sp³-hybridized carbons (Fsp3) is 0.579. The van der Waals surface area contributed by atoms with Crippen LogP contribution in [-0.2, 0) is 4.79 Å². The summed E-state index contributed by atoms with van der Waals surface area (Å²) >= 11 is 0. The van der Waals surface area contributed by atoms with Gasteiger partial charge in [-0.2, -0.15) is 0 Å². The number of carbonyl (C=O) groups is 2. The summed E-state index contributed by atoms with van der Waals surface area (Å²) in [6.45, 7) is 4.59. The molecule has 3 amide bonds. The molecule has 0 spiro atoms. The fourth-order valence-electron chi connectivity index (χ4n) is 3.51. The van der Waals surface area contributed by atoms with Crippen molar-refractivity contribution < 1.29 is 9.59 Å². The first-order chi connectivity index (χ1) is 12.0. The van der Waals surface area contributed by atoms with Crippen molar-refractivity contribution in [1.82, 2.24) is 15.5 Å². The van der Waals surface area contributed by atoms with E-state index in [9.17, 15) is 9.59 Å². The molecule has 1 fully saturated rings. The van der Waals surface area contributed by atoms with Crippen molar-refractivity contribution in [2.45, 2.75) is 38.6 Å². The molecule has 25 heavy (non-hydrogen) atoms. The Bertz CT molecular complexity index is 583. The van der Waals surface area contributed by atoms with Crippen LogP contribution in [0.3, 0.4) is 0 Å². The van der Waals surface area contributed by atoms with Gasteiger partial charge >= 0.3 is 6.03 Å². The number of urea groups is 1. The van der Waals surface area contributed by atoms with Crippen LogP contribution in [0.4, 0.5) is 4.79 Å². The SMILES string of the molecule is CNCCC1CCN(C(=O)CC(NC(N)=O)c2ccccc2C)CC1. The highest BCUT2D eigenvalue weighted by Crippen LogP contribution is 2.24. The molecular weight excluding hydrogens is 316 g/mol. The van der Waals surface area contributed by atoms with Crippen molar-refractivity contribution in [2.24, 2.45) is 11.7 Å². The zero-order valence-corrected chi connectivity index (χ0v) is 15.3. The first-order valence-corrected chi connectivity index (χ1v) is 9.05. The Morgan fingerprint density at radius 3 is 2.56 bits per heavy atom. The third kappa shape index (κ3) is 5.74. The van der Waals surface area contributed by atoms with E-state index in [0.29, 0.717) is 5.92 Å². The number of likely N-dealkylation sites (tertiary alicyclic amines) is 1. The Morgan fingerprint density at radius 2 is 1.96 bits per heavy atom. The van der Waals surface area contributed by atoms with E-state index in [0.717, 1.165) is 50.0 Å². The lowest BCUT2D eigenvalue weighted by Crippen LogP contribution is -2.42. The number of primary amides is 1. The summed E-state index contributed by atoms with van der Waals surface area (Å²) in [5, 5.41) is 5.91. The lowest BCUT2D eigenvalue weighted by molar-refractivity contribution is -0.133. The second-order valence-electron chi connectivity index (χ2n) is 6.84. The molecule has 1 unspecified atom stereocenters. The van der Waals surface area contributed by atoms with E-state index < -0.39 is 6.03 Å².